The summed E-state index contributed by atoms with van der Waals surface area (Å²) in [7, 11) is 0. The molecule has 134 valence electrons. The van der Waals surface area contributed by atoms with Crippen molar-refractivity contribution in [1.29, 1.82) is 0 Å². The Bertz CT molecular complexity index is 735. The Hall–Kier alpha value is -2.63. The van der Waals surface area contributed by atoms with Crippen molar-refractivity contribution in [2.45, 2.75) is 40.2 Å². The van der Waals surface area contributed by atoms with Gasteiger partial charge in [0.1, 0.15) is 5.75 Å². The first-order valence-electron chi connectivity index (χ1n) is 8.34. The number of esters is 1. The number of hydrogen-bond acceptors (Lipinski definition) is 5. The van der Waals surface area contributed by atoms with Crippen LogP contribution in [0.3, 0.4) is 0 Å². The highest BCUT2D eigenvalue weighted by atomic mass is 16.5. The van der Waals surface area contributed by atoms with E-state index < -0.39 is 23.7 Å². The minimum atomic E-state index is -0.683. The van der Waals surface area contributed by atoms with Gasteiger partial charge in [-0.05, 0) is 24.1 Å². The number of aliphatic hydroxyl groups is 1. The number of benzene rings is 1. The SMILES string of the molecule is CCCN1C(=O)C(O)=C(C(=O)C(C)C)C1c1cccc(OC(C)=O)c1. The summed E-state index contributed by atoms with van der Waals surface area (Å²) in [4.78, 5) is 37.7. The molecule has 0 saturated carbocycles. The van der Waals surface area contributed by atoms with Gasteiger partial charge in [0.15, 0.2) is 11.5 Å². The number of ether oxygens (including phenoxy) is 1. The van der Waals surface area contributed by atoms with Gasteiger partial charge >= 0.3 is 5.97 Å². The largest absolute Gasteiger partial charge is 0.503 e. The van der Waals surface area contributed by atoms with E-state index in [0.29, 0.717) is 24.3 Å². The lowest BCUT2D eigenvalue weighted by Crippen LogP contribution is -2.32. The highest BCUT2D eigenvalue weighted by Gasteiger charge is 2.43. The zero-order valence-electron chi connectivity index (χ0n) is 14.9. The Labute approximate surface area is 147 Å². The molecule has 25 heavy (non-hydrogen) atoms. The van der Waals surface area contributed by atoms with Crippen LogP contribution in [0.25, 0.3) is 0 Å². The van der Waals surface area contributed by atoms with Crippen molar-refractivity contribution in [3.8, 4) is 5.75 Å². The number of ketones is 1. The van der Waals surface area contributed by atoms with Crippen LogP contribution in [-0.2, 0) is 14.4 Å². The van der Waals surface area contributed by atoms with Gasteiger partial charge in [-0.1, -0.05) is 32.9 Å². The van der Waals surface area contributed by atoms with E-state index >= 15 is 0 Å². The predicted octanol–water partition coefficient (Wildman–Crippen LogP) is 2.94. The Kier molecular flexibility index (Phi) is 5.62. The van der Waals surface area contributed by atoms with Crippen LogP contribution in [0.5, 0.6) is 5.75 Å². The summed E-state index contributed by atoms with van der Waals surface area (Å²) in [5, 5.41) is 10.3. The lowest BCUT2D eigenvalue weighted by atomic mass is 9.91. The van der Waals surface area contributed by atoms with E-state index in [0.717, 1.165) is 0 Å². The first-order valence-corrected chi connectivity index (χ1v) is 8.34. The predicted molar refractivity (Wildman–Crippen MR) is 92.0 cm³/mol. The maximum Gasteiger partial charge on any atom is 0.308 e. The van der Waals surface area contributed by atoms with E-state index in [1.807, 2.05) is 6.92 Å². The monoisotopic (exact) mass is 345 g/mol. The molecular weight excluding hydrogens is 322 g/mol. The third kappa shape index (κ3) is 3.73. The Balaban J connectivity index is 2.54. The van der Waals surface area contributed by atoms with E-state index in [1.54, 1.807) is 38.1 Å². The van der Waals surface area contributed by atoms with Gasteiger partial charge in [0.2, 0.25) is 0 Å². The molecule has 1 aromatic carbocycles. The van der Waals surface area contributed by atoms with Crippen molar-refractivity contribution < 1.29 is 24.2 Å². The third-order valence-electron chi connectivity index (χ3n) is 3.99. The van der Waals surface area contributed by atoms with Crippen LogP contribution in [0.15, 0.2) is 35.6 Å². The van der Waals surface area contributed by atoms with E-state index in [-0.39, 0.29) is 17.3 Å². The van der Waals surface area contributed by atoms with Crippen LogP contribution in [0.4, 0.5) is 0 Å². The molecule has 1 aromatic rings. The van der Waals surface area contributed by atoms with Gasteiger partial charge < -0.3 is 14.7 Å². The van der Waals surface area contributed by atoms with Gasteiger partial charge in [-0.3, -0.25) is 14.4 Å². The second-order valence-electron chi connectivity index (χ2n) is 6.35. The molecule has 6 heteroatoms. The Morgan fingerprint density at radius 2 is 2.00 bits per heavy atom. The summed E-state index contributed by atoms with van der Waals surface area (Å²) < 4.78 is 5.10. The molecule has 0 spiro atoms. The molecule has 1 aliphatic rings. The number of nitrogens with zero attached hydrogens (tertiary/aromatic N) is 1. The molecule has 1 amide bonds. The fourth-order valence-electron chi connectivity index (χ4n) is 2.95. The van der Waals surface area contributed by atoms with E-state index in [1.165, 1.54) is 11.8 Å². The Morgan fingerprint density at radius 1 is 1.32 bits per heavy atom. The second kappa shape index (κ2) is 7.51. The molecule has 0 aromatic heterocycles. The maximum atomic E-state index is 12.6. The van der Waals surface area contributed by atoms with E-state index in [9.17, 15) is 19.5 Å². The van der Waals surface area contributed by atoms with Gasteiger partial charge in [-0.2, -0.15) is 0 Å². The smallest absolute Gasteiger partial charge is 0.308 e. The van der Waals surface area contributed by atoms with E-state index in [2.05, 4.69) is 0 Å². The minimum absolute atomic E-state index is 0.105. The van der Waals surface area contributed by atoms with Gasteiger partial charge in [-0.15, -0.1) is 0 Å². The fourth-order valence-corrected chi connectivity index (χ4v) is 2.95. The summed E-state index contributed by atoms with van der Waals surface area (Å²) in [6, 6.07) is 6.00. The normalized spacial score (nSPS) is 17.4. The van der Waals surface area contributed by atoms with Crippen LogP contribution in [0, 0.1) is 5.92 Å². The molecule has 2 rings (SSSR count). The summed E-state index contributed by atoms with van der Waals surface area (Å²) in [5.41, 5.74) is 0.724. The van der Waals surface area contributed by atoms with Crippen molar-refractivity contribution in [3.63, 3.8) is 0 Å². The third-order valence-corrected chi connectivity index (χ3v) is 3.99. The average molecular weight is 345 g/mol. The molecule has 0 fully saturated rings. The topological polar surface area (TPSA) is 83.9 Å². The summed E-state index contributed by atoms with van der Waals surface area (Å²) in [6.07, 6.45) is 0.683. The summed E-state index contributed by atoms with van der Waals surface area (Å²) in [5.74, 6) is -1.79. The molecule has 6 nitrogen and oxygen atoms in total. The number of hydrogen-bond donors (Lipinski definition) is 1. The standard InChI is InChI=1S/C19H23NO5/c1-5-9-20-16(13-7-6-8-14(10-13)25-12(4)21)15(17(22)11(2)3)18(23)19(20)24/h6-8,10-11,16,23H,5,9H2,1-4H3. The van der Waals surface area contributed by atoms with Crippen LogP contribution in [0.1, 0.15) is 45.7 Å². The molecule has 1 unspecified atom stereocenters. The minimum Gasteiger partial charge on any atom is -0.503 e. The quantitative estimate of drug-likeness (QED) is 0.633. The van der Waals surface area contributed by atoms with Crippen molar-refractivity contribution in [1.82, 2.24) is 4.90 Å². The van der Waals surface area contributed by atoms with Gasteiger partial charge in [0, 0.05) is 19.4 Å². The lowest BCUT2D eigenvalue weighted by Gasteiger charge is -2.27. The molecule has 0 saturated heterocycles. The molecule has 1 atom stereocenters. The van der Waals surface area contributed by atoms with Gasteiger partial charge in [0.25, 0.3) is 5.91 Å². The Morgan fingerprint density at radius 3 is 2.56 bits per heavy atom. The number of carbonyl (C=O) groups is 3. The van der Waals surface area contributed by atoms with E-state index in [4.69, 9.17) is 4.74 Å². The number of Topliss-reactive ketones (excluding diaryl/α,β-unsaturated/α-hetero) is 1. The first-order chi connectivity index (χ1) is 11.8. The maximum absolute atomic E-state index is 12.6. The van der Waals surface area contributed by atoms with Crippen LogP contribution in [-0.4, -0.2) is 34.2 Å². The fraction of sp³-hybridized carbons (Fsp3) is 0.421. The molecular formula is C19H23NO5. The number of rotatable bonds is 6. The number of carbonyl (C=O) groups excluding carboxylic acids is 3. The summed E-state index contributed by atoms with van der Waals surface area (Å²) in [6.45, 7) is 7.07. The molecule has 1 heterocycles. The molecule has 0 bridgehead atoms. The molecule has 1 N–H and O–H groups in total. The molecule has 0 aliphatic carbocycles. The van der Waals surface area contributed by atoms with Gasteiger partial charge in [0.05, 0.1) is 11.6 Å². The number of aliphatic hydroxyl groups excluding tert-OH is 1. The zero-order valence-corrected chi connectivity index (χ0v) is 14.9. The molecule has 0 radical (unpaired) electrons. The highest BCUT2D eigenvalue weighted by molar-refractivity contribution is 6.09. The first kappa shape index (κ1) is 18.7. The second-order valence-corrected chi connectivity index (χ2v) is 6.35. The van der Waals surface area contributed by atoms with Crippen molar-refractivity contribution in [2.75, 3.05) is 6.54 Å². The van der Waals surface area contributed by atoms with Gasteiger partial charge in [-0.25, -0.2) is 0 Å². The highest BCUT2D eigenvalue weighted by Crippen LogP contribution is 2.39. The van der Waals surface area contributed by atoms with Crippen molar-refractivity contribution in [2.24, 2.45) is 5.92 Å². The summed E-state index contributed by atoms with van der Waals surface area (Å²) >= 11 is 0. The zero-order chi connectivity index (χ0) is 18.7. The average Bonchev–Trinajstić information content (AvgIpc) is 2.79. The lowest BCUT2D eigenvalue weighted by molar-refractivity contribution is -0.132. The van der Waals surface area contributed by atoms with Crippen LogP contribution >= 0.6 is 0 Å². The van der Waals surface area contributed by atoms with Crippen LogP contribution < -0.4 is 4.74 Å². The van der Waals surface area contributed by atoms with Crippen molar-refractivity contribution >= 4 is 17.7 Å². The van der Waals surface area contributed by atoms with Crippen molar-refractivity contribution in [3.05, 3.63) is 41.2 Å². The van der Waals surface area contributed by atoms with Crippen LogP contribution in [0.2, 0.25) is 0 Å². The molecule has 1 aliphatic heterocycles. The number of amides is 1.